The number of hydrogen-bond acceptors (Lipinski definition) is 4. The van der Waals surface area contributed by atoms with E-state index in [2.05, 4.69) is 4.98 Å². The van der Waals surface area contributed by atoms with E-state index >= 15 is 0 Å². The summed E-state index contributed by atoms with van der Waals surface area (Å²) in [6.07, 6.45) is 7.98. The number of nitrogens with zero attached hydrogens (tertiary/aromatic N) is 1. The number of aromatic nitrogens is 1. The minimum Gasteiger partial charge on any atom is -0.481 e. The van der Waals surface area contributed by atoms with Gasteiger partial charge in [0.25, 0.3) is 0 Å². The molecule has 3 rings (SSSR count). The van der Waals surface area contributed by atoms with Crippen LogP contribution in [0.15, 0.2) is 18.3 Å². The van der Waals surface area contributed by atoms with Gasteiger partial charge in [0.2, 0.25) is 5.88 Å². The second kappa shape index (κ2) is 5.70. The Morgan fingerprint density at radius 1 is 1.40 bits per heavy atom. The first-order chi connectivity index (χ1) is 9.72. The van der Waals surface area contributed by atoms with E-state index in [-0.39, 0.29) is 11.5 Å². The molecule has 0 aromatic carbocycles. The maximum Gasteiger partial charge on any atom is 0.212 e. The molecule has 1 aliphatic heterocycles. The van der Waals surface area contributed by atoms with Gasteiger partial charge in [-0.1, -0.05) is 12.8 Å². The van der Waals surface area contributed by atoms with Crippen LogP contribution in [0.2, 0.25) is 0 Å². The maximum atomic E-state index is 10.6. The van der Waals surface area contributed by atoms with Gasteiger partial charge in [0.1, 0.15) is 0 Å². The van der Waals surface area contributed by atoms with E-state index in [0.717, 1.165) is 37.9 Å². The summed E-state index contributed by atoms with van der Waals surface area (Å²) < 4.78 is 11.1. The van der Waals surface area contributed by atoms with Crippen molar-refractivity contribution in [1.82, 2.24) is 4.98 Å². The predicted octanol–water partition coefficient (Wildman–Crippen LogP) is 2.86. The van der Waals surface area contributed by atoms with Crippen molar-refractivity contribution in [1.29, 1.82) is 0 Å². The Morgan fingerprint density at radius 3 is 2.85 bits per heavy atom. The molecule has 1 aliphatic carbocycles. The molecule has 4 heteroatoms. The summed E-state index contributed by atoms with van der Waals surface area (Å²) in [5, 5.41) is 10.6. The van der Waals surface area contributed by atoms with Gasteiger partial charge in [-0.15, -0.1) is 0 Å². The van der Waals surface area contributed by atoms with E-state index in [0.29, 0.717) is 5.88 Å². The number of aliphatic hydroxyl groups is 1. The van der Waals surface area contributed by atoms with Gasteiger partial charge in [0.15, 0.2) is 0 Å². The van der Waals surface area contributed by atoms with Crippen LogP contribution in [0.4, 0.5) is 0 Å². The molecule has 0 bridgehead atoms. The highest BCUT2D eigenvalue weighted by atomic mass is 16.5. The summed E-state index contributed by atoms with van der Waals surface area (Å²) in [5.74, 6) is 0.859. The molecule has 1 aromatic heterocycles. The Labute approximate surface area is 120 Å². The Morgan fingerprint density at radius 2 is 2.20 bits per heavy atom. The average molecular weight is 277 g/mol. The predicted molar refractivity (Wildman–Crippen MR) is 75.6 cm³/mol. The lowest BCUT2D eigenvalue weighted by molar-refractivity contribution is -0.113. The van der Waals surface area contributed by atoms with E-state index in [1.807, 2.05) is 12.1 Å². The normalized spacial score (nSPS) is 26.6. The average Bonchev–Trinajstić information content (AvgIpc) is 2.94. The van der Waals surface area contributed by atoms with E-state index in [1.54, 1.807) is 13.3 Å². The largest absolute Gasteiger partial charge is 0.481 e. The molecule has 1 saturated carbocycles. The van der Waals surface area contributed by atoms with E-state index in [1.165, 1.54) is 12.8 Å². The molecule has 0 amide bonds. The SMILES string of the molecule is COc1ccc(C(O)C2CCOC3(CCCC3)C2)cn1. The molecule has 20 heavy (non-hydrogen) atoms. The van der Waals surface area contributed by atoms with Crippen molar-refractivity contribution in [3.05, 3.63) is 23.9 Å². The van der Waals surface area contributed by atoms with Crippen LogP contribution in [0, 0.1) is 5.92 Å². The molecule has 0 radical (unpaired) electrons. The highest BCUT2D eigenvalue weighted by molar-refractivity contribution is 5.20. The summed E-state index contributed by atoms with van der Waals surface area (Å²) in [7, 11) is 1.60. The van der Waals surface area contributed by atoms with Gasteiger partial charge in [-0.05, 0) is 43.2 Å². The van der Waals surface area contributed by atoms with Crippen LogP contribution >= 0.6 is 0 Å². The summed E-state index contributed by atoms with van der Waals surface area (Å²) in [6, 6.07) is 3.72. The second-order valence-electron chi connectivity index (χ2n) is 6.07. The number of ether oxygens (including phenoxy) is 2. The third kappa shape index (κ3) is 2.67. The lowest BCUT2D eigenvalue weighted by atomic mass is 9.80. The molecule has 2 unspecified atom stereocenters. The fraction of sp³-hybridized carbons (Fsp3) is 0.688. The third-order valence-electron chi connectivity index (χ3n) is 4.80. The van der Waals surface area contributed by atoms with Crippen LogP contribution in [0.5, 0.6) is 5.88 Å². The standard InChI is InChI=1S/C16H23NO3/c1-19-14-5-4-13(11-17-14)15(18)12-6-9-20-16(10-12)7-2-3-8-16/h4-5,11-12,15,18H,2-3,6-10H2,1H3. The Bertz CT molecular complexity index is 440. The molecule has 2 aliphatic rings. The first-order valence-corrected chi connectivity index (χ1v) is 7.54. The third-order valence-corrected chi connectivity index (χ3v) is 4.80. The quantitative estimate of drug-likeness (QED) is 0.923. The zero-order valence-electron chi connectivity index (χ0n) is 12.0. The Hall–Kier alpha value is -1.13. The minimum absolute atomic E-state index is 0.0454. The molecule has 110 valence electrons. The maximum absolute atomic E-state index is 10.6. The molecule has 4 nitrogen and oxygen atoms in total. The van der Waals surface area contributed by atoms with E-state index in [4.69, 9.17) is 9.47 Å². The van der Waals surface area contributed by atoms with E-state index in [9.17, 15) is 5.11 Å². The summed E-state index contributed by atoms with van der Waals surface area (Å²) >= 11 is 0. The summed E-state index contributed by atoms with van der Waals surface area (Å²) in [6.45, 7) is 0.769. The van der Waals surface area contributed by atoms with Crippen LogP contribution < -0.4 is 4.74 Å². The minimum atomic E-state index is -0.449. The fourth-order valence-corrected chi connectivity index (χ4v) is 3.66. The Kier molecular flexibility index (Phi) is 3.94. The zero-order chi connectivity index (χ0) is 14.0. The molecule has 1 N–H and O–H groups in total. The Balaban J connectivity index is 1.70. The molecule has 2 fully saturated rings. The molecular weight excluding hydrogens is 254 g/mol. The van der Waals surface area contributed by atoms with Crippen molar-refractivity contribution >= 4 is 0 Å². The molecule has 2 heterocycles. The number of rotatable bonds is 3. The molecular formula is C16H23NO3. The number of methoxy groups -OCH3 is 1. The van der Waals surface area contributed by atoms with Crippen molar-refractivity contribution < 1.29 is 14.6 Å². The van der Waals surface area contributed by atoms with Crippen LogP contribution in [0.1, 0.15) is 50.2 Å². The van der Waals surface area contributed by atoms with Crippen LogP contribution in [0.25, 0.3) is 0 Å². The number of pyridine rings is 1. The topological polar surface area (TPSA) is 51.6 Å². The first kappa shape index (κ1) is 13.8. The monoisotopic (exact) mass is 277 g/mol. The van der Waals surface area contributed by atoms with Crippen molar-refractivity contribution in [3.63, 3.8) is 0 Å². The van der Waals surface area contributed by atoms with Gasteiger partial charge in [0.05, 0.1) is 18.8 Å². The highest BCUT2D eigenvalue weighted by Crippen LogP contribution is 2.45. The first-order valence-electron chi connectivity index (χ1n) is 7.54. The lowest BCUT2D eigenvalue weighted by Gasteiger charge is -2.40. The van der Waals surface area contributed by atoms with Crippen LogP contribution in [0.3, 0.4) is 0 Å². The van der Waals surface area contributed by atoms with Crippen LogP contribution in [-0.4, -0.2) is 29.4 Å². The number of aliphatic hydroxyl groups excluding tert-OH is 1. The van der Waals surface area contributed by atoms with E-state index < -0.39 is 6.10 Å². The summed E-state index contributed by atoms with van der Waals surface area (Å²) in [4.78, 5) is 4.19. The van der Waals surface area contributed by atoms with Crippen molar-refractivity contribution in [2.24, 2.45) is 5.92 Å². The van der Waals surface area contributed by atoms with Gasteiger partial charge in [-0.2, -0.15) is 0 Å². The molecule has 1 saturated heterocycles. The zero-order valence-corrected chi connectivity index (χ0v) is 12.0. The van der Waals surface area contributed by atoms with Crippen molar-refractivity contribution in [2.75, 3.05) is 13.7 Å². The second-order valence-corrected chi connectivity index (χ2v) is 6.07. The smallest absolute Gasteiger partial charge is 0.212 e. The van der Waals surface area contributed by atoms with Gasteiger partial charge < -0.3 is 14.6 Å². The molecule has 1 aromatic rings. The van der Waals surface area contributed by atoms with Gasteiger partial charge in [0, 0.05) is 18.9 Å². The number of hydrogen-bond donors (Lipinski definition) is 1. The highest BCUT2D eigenvalue weighted by Gasteiger charge is 2.41. The van der Waals surface area contributed by atoms with Gasteiger partial charge in [-0.3, -0.25) is 0 Å². The van der Waals surface area contributed by atoms with Crippen LogP contribution in [-0.2, 0) is 4.74 Å². The van der Waals surface area contributed by atoms with Gasteiger partial charge in [-0.25, -0.2) is 4.98 Å². The molecule has 2 atom stereocenters. The molecule has 1 spiro atoms. The van der Waals surface area contributed by atoms with Crippen molar-refractivity contribution in [3.8, 4) is 5.88 Å². The lowest BCUT2D eigenvalue weighted by Crippen LogP contribution is -2.39. The fourth-order valence-electron chi connectivity index (χ4n) is 3.66. The summed E-state index contributed by atoms with van der Waals surface area (Å²) in [5.41, 5.74) is 0.926. The van der Waals surface area contributed by atoms with Gasteiger partial charge >= 0.3 is 0 Å². The van der Waals surface area contributed by atoms with Crippen molar-refractivity contribution in [2.45, 2.75) is 50.2 Å².